The Kier molecular flexibility index (Phi) is 4.87. The molecular weight excluding hydrogens is 405 g/mol. The fourth-order valence-electron chi connectivity index (χ4n) is 2.83. The van der Waals surface area contributed by atoms with Crippen molar-refractivity contribution in [2.75, 3.05) is 6.61 Å². The molecule has 0 atom stereocenters. The van der Waals surface area contributed by atoms with E-state index in [-0.39, 0.29) is 27.9 Å². The quantitative estimate of drug-likeness (QED) is 0.356. The predicted molar refractivity (Wildman–Crippen MR) is 99.8 cm³/mol. The Labute approximate surface area is 166 Å². The van der Waals surface area contributed by atoms with Gasteiger partial charge in [-0.2, -0.15) is 18.3 Å². The van der Waals surface area contributed by atoms with Crippen LogP contribution in [0, 0.1) is 0 Å². The fraction of sp³-hybridized carbons (Fsp3) is 0.158. The molecule has 0 radical (unpaired) electrons. The van der Waals surface area contributed by atoms with Crippen LogP contribution in [0.15, 0.2) is 58.8 Å². The third-order valence-corrected chi connectivity index (χ3v) is 5.10. The number of carbonyl (C=O) groups excluding carboxylic acids is 1. The maximum atomic E-state index is 13.4. The lowest BCUT2D eigenvalue weighted by atomic mass is 10.2. The number of para-hydroxylation sites is 1. The van der Waals surface area contributed by atoms with Crippen molar-refractivity contribution in [3.05, 3.63) is 59.9 Å². The molecule has 0 saturated carbocycles. The summed E-state index contributed by atoms with van der Waals surface area (Å²) in [4.78, 5) is 20.6. The number of nitrogens with zero attached hydrogens (tertiary/aromatic N) is 4. The van der Waals surface area contributed by atoms with Gasteiger partial charge in [-0.25, -0.2) is 19.3 Å². The highest BCUT2D eigenvalue weighted by molar-refractivity contribution is 7.99. The second-order valence-electron chi connectivity index (χ2n) is 5.90. The average Bonchev–Trinajstić information content (AvgIpc) is 3.12. The molecule has 0 aliphatic heterocycles. The van der Waals surface area contributed by atoms with E-state index < -0.39 is 17.7 Å². The number of pyridine rings is 1. The second kappa shape index (κ2) is 7.36. The number of aromatic nitrogens is 4. The molecule has 1 aromatic carbocycles. The molecule has 6 nitrogen and oxygen atoms in total. The molecule has 0 bridgehead atoms. The zero-order valence-electron chi connectivity index (χ0n) is 15.0. The van der Waals surface area contributed by atoms with E-state index in [1.54, 1.807) is 31.2 Å². The van der Waals surface area contributed by atoms with Gasteiger partial charge in [-0.15, -0.1) is 0 Å². The normalized spacial score (nSPS) is 11.9. The first-order valence-corrected chi connectivity index (χ1v) is 9.35. The van der Waals surface area contributed by atoms with Crippen LogP contribution in [0.1, 0.15) is 22.8 Å². The maximum absolute atomic E-state index is 13.4. The van der Waals surface area contributed by atoms with E-state index in [1.807, 2.05) is 0 Å². The van der Waals surface area contributed by atoms with Crippen LogP contribution >= 0.6 is 11.8 Å². The van der Waals surface area contributed by atoms with E-state index in [4.69, 9.17) is 4.74 Å². The number of hydrogen-bond acceptors (Lipinski definition) is 6. The van der Waals surface area contributed by atoms with Crippen molar-refractivity contribution in [1.29, 1.82) is 0 Å². The lowest BCUT2D eigenvalue weighted by Crippen LogP contribution is -2.08. The first kappa shape index (κ1) is 19.2. The van der Waals surface area contributed by atoms with Crippen molar-refractivity contribution in [3.8, 4) is 0 Å². The van der Waals surface area contributed by atoms with Crippen molar-refractivity contribution in [3.63, 3.8) is 0 Å². The molecule has 148 valence electrons. The monoisotopic (exact) mass is 418 g/mol. The SMILES string of the molecule is CCOC(=O)c1cnn2c1nc(Sc1ncccc1C(F)(F)F)c1ccccc12. The molecule has 0 saturated heterocycles. The molecular formula is C19H13F3N4O2S. The van der Waals surface area contributed by atoms with Crippen molar-refractivity contribution >= 4 is 34.3 Å². The largest absolute Gasteiger partial charge is 0.462 e. The van der Waals surface area contributed by atoms with Gasteiger partial charge >= 0.3 is 12.1 Å². The standard InChI is InChI=1S/C19H13F3N4O2S/c1-2-28-18(27)12-10-24-26-14-8-4-3-6-11(14)16(25-15(12)26)29-17-13(19(20,21)22)7-5-9-23-17/h3-10H,2H2,1H3. The molecule has 0 amide bonds. The molecule has 4 rings (SSSR count). The van der Waals surface area contributed by atoms with Crippen molar-refractivity contribution in [2.45, 2.75) is 23.2 Å². The summed E-state index contributed by atoms with van der Waals surface area (Å²) in [5.74, 6) is -0.602. The van der Waals surface area contributed by atoms with Crippen LogP contribution in [-0.2, 0) is 10.9 Å². The van der Waals surface area contributed by atoms with Gasteiger partial charge in [0.05, 0.1) is 23.9 Å². The van der Waals surface area contributed by atoms with Gasteiger partial charge in [0.25, 0.3) is 0 Å². The van der Waals surface area contributed by atoms with E-state index in [1.165, 1.54) is 23.0 Å². The Hall–Kier alpha value is -3.14. The molecule has 0 aliphatic carbocycles. The summed E-state index contributed by atoms with van der Waals surface area (Å²) in [6.45, 7) is 1.85. The van der Waals surface area contributed by atoms with E-state index in [0.717, 1.165) is 17.8 Å². The van der Waals surface area contributed by atoms with Gasteiger partial charge in [-0.05, 0) is 36.9 Å². The van der Waals surface area contributed by atoms with Gasteiger partial charge in [0.1, 0.15) is 15.6 Å². The van der Waals surface area contributed by atoms with E-state index in [0.29, 0.717) is 10.9 Å². The Morgan fingerprint density at radius 2 is 1.97 bits per heavy atom. The molecule has 10 heteroatoms. The Morgan fingerprint density at radius 1 is 1.17 bits per heavy atom. The summed E-state index contributed by atoms with van der Waals surface area (Å²) < 4.78 is 46.6. The summed E-state index contributed by atoms with van der Waals surface area (Å²) in [6.07, 6.45) is -1.92. The summed E-state index contributed by atoms with van der Waals surface area (Å²) in [5, 5.41) is 4.85. The smallest absolute Gasteiger partial charge is 0.419 e. The minimum Gasteiger partial charge on any atom is -0.462 e. The number of benzene rings is 1. The number of esters is 1. The van der Waals surface area contributed by atoms with Crippen molar-refractivity contribution < 1.29 is 22.7 Å². The molecule has 0 spiro atoms. The molecule has 29 heavy (non-hydrogen) atoms. The molecule has 3 heterocycles. The number of halogens is 3. The van der Waals surface area contributed by atoms with E-state index in [2.05, 4.69) is 15.1 Å². The van der Waals surface area contributed by atoms with Crippen LogP contribution in [0.5, 0.6) is 0 Å². The predicted octanol–water partition coefficient (Wildman–Crippen LogP) is 4.62. The van der Waals surface area contributed by atoms with Gasteiger partial charge < -0.3 is 4.74 Å². The van der Waals surface area contributed by atoms with Crippen LogP contribution in [0.4, 0.5) is 13.2 Å². The topological polar surface area (TPSA) is 69.4 Å². The fourth-order valence-corrected chi connectivity index (χ4v) is 3.84. The second-order valence-corrected chi connectivity index (χ2v) is 6.88. The van der Waals surface area contributed by atoms with Gasteiger partial charge in [-0.3, -0.25) is 0 Å². The van der Waals surface area contributed by atoms with E-state index >= 15 is 0 Å². The minimum atomic E-state index is -4.55. The zero-order chi connectivity index (χ0) is 20.6. The summed E-state index contributed by atoms with van der Waals surface area (Å²) >= 11 is 0.787. The third-order valence-electron chi connectivity index (χ3n) is 4.08. The number of ether oxygens (including phenoxy) is 1. The van der Waals surface area contributed by atoms with Crippen molar-refractivity contribution in [2.24, 2.45) is 0 Å². The van der Waals surface area contributed by atoms with Crippen LogP contribution in [0.25, 0.3) is 16.6 Å². The average molecular weight is 418 g/mol. The number of hydrogen-bond donors (Lipinski definition) is 0. The van der Waals surface area contributed by atoms with Gasteiger partial charge in [-0.1, -0.05) is 18.2 Å². The number of fused-ring (bicyclic) bond motifs is 3. The number of rotatable bonds is 4. The highest BCUT2D eigenvalue weighted by Gasteiger charge is 2.34. The van der Waals surface area contributed by atoms with Crippen molar-refractivity contribution in [1.82, 2.24) is 19.6 Å². The third kappa shape index (κ3) is 3.51. The first-order valence-electron chi connectivity index (χ1n) is 8.54. The van der Waals surface area contributed by atoms with Crippen LogP contribution < -0.4 is 0 Å². The molecule has 0 unspecified atom stereocenters. The summed E-state index contributed by atoms with van der Waals surface area (Å²) in [7, 11) is 0. The highest BCUT2D eigenvalue weighted by atomic mass is 32.2. The Balaban J connectivity index is 1.92. The first-order chi connectivity index (χ1) is 13.9. The van der Waals surface area contributed by atoms with E-state index in [9.17, 15) is 18.0 Å². The zero-order valence-corrected chi connectivity index (χ0v) is 15.8. The minimum absolute atomic E-state index is 0.136. The van der Waals surface area contributed by atoms with Crippen LogP contribution in [0.3, 0.4) is 0 Å². The molecule has 0 fully saturated rings. The molecule has 0 aliphatic rings. The molecule has 0 N–H and O–H groups in total. The van der Waals surface area contributed by atoms with Gasteiger partial charge in [0.2, 0.25) is 0 Å². The summed E-state index contributed by atoms with van der Waals surface area (Å²) in [5.41, 5.74) is 0.0839. The molecule has 3 aromatic heterocycles. The lowest BCUT2D eigenvalue weighted by Gasteiger charge is -2.12. The summed E-state index contributed by atoms with van der Waals surface area (Å²) in [6, 6.07) is 9.20. The maximum Gasteiger partial charge on any atom is 0.419 e. The Morgan fingerprint density at radius 3 is 2.72 bits per heavy atom. The number of carbonyl (C=O) groups is 1. The van der Waals surface area contributed by atoms with Crippen LogP contribution in [-0.4, -0.2) is 32.2 Å². The molecule has 4 aromatic rings. The Bertz CT molecular complexity index is 1220. The highest BCUT2D eigenvalue weighted by Crippen LogP contribution is 2.39. The van der Waals surface area contributed by atoms with Gasteiger partial charge in [0.15, 0.2) is 5.65 Å². The lowest BCUT2D eigenvalue weighted by molar-refractivity contribution is -0.140. The van der Waals surface area contributed by atoms with Crippen LogP contribution in [0.2, 0.25) is 0 Å². The number of alkyl halides is 3. The van der Waals surface area contributed by atoms with Gasteiger partial charge in [0, 0.05) is 11.6 Å².